The minimum atomic E-state index is -0.589. The SMILES string of the molecule is Cc1cc(-c2[nH]c3ccc(C4CCN(Cc5c(F)cc(CO)cc5F)CC4)cc3c2C(C)C)cn2ncnc12. The fourth-order valence-electron chi connectivity index (χ4n) is 6.09. The molecule has 1 fully saturated rings. The molecule has 1 aliphatic rings. The predicted octanol–water partition coefficient (Wildman–Crippen LogP) is 6.46. The highest BCUT2D eigenvalue weighted by Gasteiger charge is 2.24. The Labute approximate surface area is 226 Å². The summed E-state index contributed by atoms with van der Waals surface area (Å²) in [5.74, 6) is -0.465. The van der Waals surface area contributed by atoms with Crippen LogP contribution in [0, 0.1) is 18.6 Å². The number of nitrogens with zero attached hydrogens (tertiary/aromatic N) is 4. The molecule has 0 atom stereocenters. The van der Waals surface area contributed by atoms with Crippen molar-refractivity contribution in [3.05, 3.63) is 88.4 Å². The second-order valence-electron chi connectivity index (χ2n) is 11.1. The molecule has 5 aromatic rings. The van der Waals surface area contributed by atoms with Gasteiger partial charge in [0.05, 0.1) is 12.3 Å². The Hall–Kier alpha value is -3.62. The van der Waals surface area contributed by atoms with Crippen molar-refractivity contribution in [2.24, 2.45) is 0 Å². The number of aliphatic hydroxyl groups is 1. The van der Waals surface area contributed by atoms with Crippen molar-refractivity contribution in [2.75, 3.05) is 13.1 Å². The lowest BCUT2D eigenvalue weighted by molar-refractivity contribution is 0.199. The average Bonchev–Trinajstić information content (AvgIpc) is 3.55. The molecule has 0 radical (unpaired) electrons. The number of H-pyrrole nitrogens is 1. The van der Waals surface area contributed by atoms with Crippen LogP contribution in [-0.2, 0) is 13.2 Å². The van der Waals surface area contributed by atoms with E-state index in [0.717, 1.165) is 53.9 Å². The summed E-state index contributed by atoms with van der Waals surface area (Å²) in [6, 6.07) is 11.3. The zero-order chi connectivity index (χ0) is 27.3. The number of hydrogen-bond acceptors (Lipinski definition) is 4. The van der Waals surface area contributed by atoms with Gasteiger partial charge in [0.1, 0.15) is 18.0 Å². The molecule has 0 bridgehead atoms. The molecule has 6 nitrogen and oxygen atoms in total. The summed E-state index contributed by atoms with van der Waals surface area (Å²) < 4.78 is 30.8. The van der Waals surface area contributed by atoms with Crippen LogP contribution in [-0.4, -0.2) is 42.7 Å². The minimum absolute atomic E-state index is 0.0767. The first-order valence-corrected chi connectivity index (χ1v) is 13.6. The third-order valence-corrected chi connectivity index (χ3v) is 8.11. The number of aryl methyl sites for hydroxylation is 1. The van der Waals surface area contributed by atoms with Gasteiger partial charge in [-0.15, -0.1) is 0 Å². The van der Waals surface area contributed by atoms with E-state index in [4.69, 9.17) is 0 Å². The molecule has 2 aromatic carbocycles. The number of benzene rings is 2. The molecule has 1 saturated heterocycles. The molecule has 0 amide bonds. The number of piperidine rings is 1. The van der Waals surface area contributed by atoms with Gasteiger partial charge in [-0.05, 0) is 97.3 Å². The second kappa shape index (κ2) is 10.2. The highest BCUT2D eigenvalue weighted by atomic mass is 19.1. The number of pyridine rings is 1. The number of hydrogen-bond donors (Lipinski definition) is 2. The van der Waals surface area contributed by atoms with Crippen molar-refractivity contribution in [1.82, 2.24) is 24.5 Å². The Balaban J connectivity index is 1.25. The number of likely N-dealkylation sites (tertiary alicyclic amines) is 1. The van der Waals surface area contributed by atoms with Gasteiger partial charge in [0, 0.05) is 34.8 Å². The van der Waals surface area contributed by atoms with E-state index >= 15 is 0 Å². The largest absolute Gasteiger partial charge is 0.392 e. The van der Waals surface area contributed by atoms with Gasteiger partial charge in [0.2, 0.25) is 0 Å². The van der Waals surface area contributed by atoms with E-state index in [9.17, 15) is 13.9 Å². The maximum absolute atomic E-state index is 14.5. The summed E-state index contributed by atoms with van der Waals surface area (Å²) in [7, 11) is 0. The zero-order valence-electron chi connectivity index (χ0n) is 22.5. The molecule has 6 rings (SSSR count). The molecule has 0 saturated carbocycles. The van der Waals surface area contributed by atoms with Gasteiger partial charge in [0.15, 0.2) is 5.65 Å². The van der Waals surface area contributed by atoms with Gasteiger partial charge in [-0.3, -0.25) is 4.90 Å². The quantitative estimate of drug-likeness (QED) is 0.265. The van der Waals surface area contributed by atoms with Gasteiger partial charge in [-0.25, -0.2) is 18.3 Å². The molecule has 0 aliphatic carbocycles. The van der Waals surface area contributed by atoms with Crippen molar-refractivity contribution in [3.8, 4) is 11.3 Å². The lowest BCUT2D eigenvalue weighted by Crippen LogP contribution is -2.33. The van der Waals surface area contributed by atoms with Crippen LogP contribution in [0.3, 0.4) is 0 Å². The Morgan fingerprint density at radius 3 is 2.51 bits per heavy atom. The number of aromatic nitrogens is 4. The smallest absolute Gasteiger partial charge is 0.158 e. The maximum atomic E-state index is 14.5. The number of nitrogens with one attached hydrogen (secondary N) is 1. The van der Waals surface area contributed by atoms with E-state index in [-0.39, 0.29) is 24.3 Å². The third kappa shape index (κ3) is 4.72. The molecule has 3 aromatic heterocycles. The van der Waals surface area contributed by atoms with Gasteiger partial charge < -0.3 is 10.1 Å². The van der Waals surface area contributed by atoms with Gasteiger partial charge in [-0.2, -0.15) is 5.10 Å². The number of aromatic amines is 1. The molecular weight excluding hydrogens is 496 g/mol. The molecule has 39 heavy (non-hydrogen) atoms. The zero-order valence-corrected chi connectivity index (χ0v) is 22.5. The summed E-state index contributed by atoms with van der Waals surface area (Å²) >= 11 is 0. The monoisotopic (exact) mass is 529 g/mol. The van der Waals surface area contributed by atoms with Crippen LogP contribution in [0.25, 0.3) is 27.8 Å². The van der Waals surface area contributed by atoms with E-state index in [1.807, 2.05) is 10.7 Å². The first-order valence-electron chi connectivity index (χ1n) is 13.6. The maximum Gasteiger partial charge on any atom is 0.158 e. The summed E-state index contributed by atoms with van der Waals surface area (Å²) in [6.07, 6.45) is 5.48. The van der Waals surface area contributed by atoms with Crippen LogP contribution in [0.2, 0.25) is 0 Å². The third-order valence-electron chi connectivity index (χ3n) is 8.11. The molecule has 8 heteroatoms. The summed E-state index contributed by atoms with van der Waals surface area (Å²) in [4.78, 5) is 10.1. The number of halogens is 2. The summed E-state index contributed by atoms with van der Waals surface area (Å²) in [5.41, 5.74) is 8.19. The second-order valence-corrected chi connectivity index (χ2v) is 11.1. The Morgan fingerprint density at radius 2 is 1.82 bits per heavy atom. The van der Waals surface area contributed by atoms with E-state index in [2.05, 4.69) is 65.0 Å². The lowest BCUT2D eigenvalue weighted by atomic mass is 9.87. The molecule has 0 spiro atoms. The van der Waals surface area contributed by atoms with Crippen LogP contribution in [0.1, 0.15) is 66.3 Å². The normalized spacial score (nSPS) is 15.3. The standard InChI is InChI=1S/C31H33F2N5O/c1-18(2)29-24-13-22(4-5-28(24)36-30(29)23-10-19(3)31-34-17-35-38(31)14-23)21-6-8-37(9-7-21)15-25-26(32)11-20(16-39)12-27(25)33/h4-5,10-14,17-18,21,36,39H,6-9,15-16H2,1-3H3. The van der Waals surface area contributed by atoms with Crippen molar-refractivity contribution in [1.29, 1.82) is 0 Å². The minimum Gasteiger partial charge on any atom is -0.392 e. The molecule has 0 unspecified atom stereocenters. The molecule has 202 valence electrons. The Bertz CT molecular complexity index is 1640. The van der Waals surface area contributed by atoms with Crippen LogP contribution >= 0.6 is 0 Å². The number of fused-ring (bicyclic) bond motifs is 2. The molecule has 1 aliphatic heterocycles. The van der Waals surface area contributed by atoms with Gasteiger partial charge in [0.25, 0.3) is 0 Å². The molecule has 2 N–H and O–H groups in total. The van der Waals surface area contributed by atoms with E-state index in [1.54, 1.807) is 6.33 Å². The van der Waals surface area contributed by atoms with Crippen molar-refractivity contribution < 1.29 is 13.9 Å². The first-order chi connectivity index (χ1) is 18.8. The highest BCUT2D eigenvalue weighted by molar-refractivity contribution is 5.92. The van der Waals surface area contributed by atoms with Crippen LogP contribution in [0.4, 0.5) is 8.78 Å². The van der Waals surface area contributed by atoms with Crippen LogP contribution < -0.4 is 0 Å². The predicted molar refractivity (Wildman–Crippen MR) is 149 cm³/mol. The number of aliphatic hydroxyl groups excluding tert-OH is 1. The number of rotatable bonds is 6. The highest BCUT2D eigenvalue weighted by Crippen LogP contribution is 2.39. The lowest BCUT2D eigenvalue weighted by Gasteiger charge is -2.32. The van der Waals surface area contributed by atoms with E-state index in [1.165, 1.54) is 28.6 Å². The van der Waals surface area contributed by atoms with Crippen molar-refractivity contribution in [2.45, 2.75) is 58.6 Å². The van der Waals surface area contributed by atoms with Gasteiger partial charge in [-0.1, -0.05) is 19.9 Å². The summed E-state index contributed by atoms with van der Waals surface area (Å²) in [6.45, 7) is 7.92. The van der Waals surface area contributed by atoms with E-state index < -0.39 is 11.6 Å². The Kier molecular flexibility index (Phi) is 6.69. The van der Waals surface area contributed by atoms with Crippen molar-refractivity contribution >= 4 is 16.6 Å². The van der Waals surface area contributed by atoms with E-state index in [0.29, 0.717) is 11.8 Å². The molecule has 4 heterocycles. The topological polar surface area (TPSA) is 69.5 Å². The molecular formula is C31H33F2N5O. The first kappa shape index (κ1) is 25.6. The van der Waals surface area contributed by atoms with Crippen LogP contribution in [0.5, 0.6) is 0 Å². The Morgan fingerprint density at radius 1 is 1.08 bits per heavy atom. The summed E-state index contributed by atoms with van der Waals surface area (Å²) in [5, 5.41) is 14.8. The van der Waals surface area contributed by atoms with Gasteiger partial charge >= 0.3 is 0 Å². The van der Waals surface area contributed by atoms with Crippen molar-refractivity contribution in [3.63, 3.8) is 0 Å². The fraction of sp³-hybridized carbons (Fsp3) is 0.355. The fourth-order valence-corrected chi connectivity index (χ4v) is 6.09. The van der Waals surface area contributed by atoms with Crippen LogP contribution in [0.15, 0.2) is 48.9 Å². The average molecular weight is 530 g/mol.